The summed E-state index contributed by atoms with van der Waals surface area (Å²) in [4.78, 5) is 23.5. The molecule has 1 aliphatic carbocycles. The van der Waals surface area contributed by atoms with Crippen molar-refractivity contribution in [2.75, 3.05) is 0 Å². The molecule has 0 radical (unpaired) electrons. The van der Waals surface area contributed by atoms with E-state index in [4.69, 9.17) is 9.84 Å². The molecule has 4 nitrogen and oxygen atoms in total. The lowest BCUT2D eigenvalue weighted by Gasteiger charge is -2.19. The van der Waals surface area contributed by atoms with Gasteiger partial charge in [0.1, 0.15) is 5.60 Å². The lowest BCUT2D eigenvalue weighted by atomic mass is 10.2. The molecule has 2 unspecified atom stereocenters. The molecule has 1 N–H and O–H groups in total. The second-order valence-electron chi connectivity index (χ2n) is 5.53. The van der Waals surface area contributed by atoms with Crippen LogP contribution < -0.4 is 0 Å². The Balaban J connectivity index is 1.98. The summed E-state index contributed by atoms with van der Waals surface area (Å²) in [6.07, 6.45) is 0.758. The Morgan fingerprint density at radius 2 is 2.11 bits per heavy atom. The number of ether oxygens (including phenoxy) is 1. The zero-order valence-electron chi connectivity index (χ0n) is 10.6. The molecule has 2 rings (SSSR count). The van der Waals surface area contributed by atoms with Crippen LogP contribution in [-0.4, -0.2) is 22.6 Å². The van der Waals surface area contributed by atoms with Gasteiger partial charge in [0.05, 0.1) is 11.5 Å². The van der Waals surface area contributed by atoms with Gasteiger partial charge in [-0.05, 0) is 33.3 Å². The van der Waals surface area contributed by atoms with E-state index in [1.165, 1.54) is 11.3 Å². The predicted octanol–water partition coefficient (Wildman–Crippen LogP) is 2.89. The lowest BCUT2D eigenvalue weighted by Crippen LogP contribution is -2.25. The number of carboxylic acid groups (broad SMARTS) is 1. The van der Waals surface area contributed by atoms with Crippen molar-refractivity contribution in [3.8, 4) is 0 Å². The normalized spacial score (nSPS) is 22.6. The summed E-state index contributed by atoms with van der Waals surface area (Å²) in [5, 5.41) is 10.5. The summed E-state index contributed by atoms with van der Waals surface area (Å²) in [7, 11) is 0. The molecule has 0 amide bonds. The Bertz CT molecular complexity index is 483. The van der Waals surface area contributed by atoms with Gasteiger partial charge in [0.25, 0.3) is 0 Å². The van der Waals surface area contributed by atoms with Crippen LogP contribution in [0.15, 0.2) is 11.4 Å². The first kappa shape index (κ1) is 13.1. The van der Waals surface area contributed by atoms with Crippen molar-refractivity contribution in [1.29, 1.82) is 0 Å². The third-order valence-electron chi connectivity index (χ3n) is 2.73. The van der Waals surface area contributed by atoms with E-state index < -0.39 is 11.6 Å². The van der Waals surface area contributed by atoms with Crippen LogP contribution in [0.2, 0.25) is 0 Å². The molecule has 0 aromatic carbocycles. The largest absolute Gasteiger partial charge is 0.478 e. The number of carboxylic acids is 1. The first-order chi connectivity index (χ1) is 8.28. The minimum atomic E-state index is -0.924. The first-order valence-electron chi connectivity index (χ1n) is 5.82. The smallest absolute Gasteiger partial charge is 0.336 e. The van der Waals surface area contributed by atoms with Crippen molar-refractivity contribution >= 4 is 23.3 Å². The molecule has 0 aliphatic heterocycles. The molecule has 1 aliphatic rings. The van der Waals surface area contributed by atoms with Gasteiger partial charge >= 0.3 is 11.9 Å². The highest BCUT2D eigenvalue weighted by Gasteiger charge is 2.47. The van der Waals surface area contributed by atoms with E-state index in [1.54, 1.807) is 11.4 Å². The van der Waals surface area contributed by atoms with Gasteiger partial charge < -0.3 is 9.84 Å². The molecular weight excluding hydrogens is 252 g/mol. The maximum atomic E-state index is 11.8. The second kappa shape index (κ2) is 4.39. The number of carbonyl (C=O) groups is 2. The number of thiophene rings is 1. The van der Waals surface area contributed by atoms with E-state index in [-0.39, 0.29) is 17.8 Å². The van der Waals surface area contributed by atoms with Gasteiger partial charge in [0.2, 0.25) is 0 Å². The van der Waals surface area contributed by atoms with E-state index in [1.807, 2.05) is 20.8 Å². The maximum absolute atomic E-state index is 11.8. The fourth-order valence-electron chi connectivity index (χ4n) is 1.81. The molecule has 2 atom stereocenters. The average molecular weight is 268 g/mol. The van der Waals surface area contributed by atoms with Crippen LogP contribution in [0.1, 0.15) is 48.3 Å². The minimum absolute atomic E-state index is 0.107. The fourth-order valence-corrected chi connectivity index (χ4v) is 2.87. The molecular formula is C13H16O4S. The highest BCUT2D eigenvalue weighted by atomic mass is 32.1. The second-order valence-corrected chi connectivity index (χ2v) is 6.47. The summed E-state index contributed by atoms with van der Waals surface area (Å²) in [5.41, 5.74) is -0.170. The van der Waals surface area contributed by atoms with Crippen molar-refractivity contribution < 1.29 is 19.4 Å². The molecule has 18 heavy (non-hydrogen) atoms. The summed E-state index contributed by atoms with van der Waals surface area (Å²) < 4.78 is 5.32. The fraction of sp³-hybridized carbons (Fsp3) is 0.538. The van der Waals surface area contributed by atoms with Crippen LogP contribution in [0.4, 0.5) is 0 Å². The summed E-state index contributed by atoms with van der Waals surface area (Å²) in [6.45, 7) is 5.53. The maximum Gasteiger partial charge on any atom is 0.336 e. The van der Waals surface area contributed by atoms with E-state index in [2.05, 4.69) is 0 Å². The Hall–Kier alpha value is -1.36. The molecule has 1 heterocycles. The van der Waals surface area contributed by atoms with Crippen molar-refractivity contribution in [3.05, 3.63) is 21.9 Å². The lowest BCUT2D eigenvalue weighted by molar-refractivity contribution is -0.156. The molecule has 0 spiro atoms. The Labute approximate surface area is 110 Å². The molecule has 5 heteroatoms. The first-order valence-corrected chi connectivity index (χ1v) is 6.70. The van der Waals surface area contributed by atoms with Crippen LogP contribution in [0, 0.1) is 5.92 Å². The molecule has 1 fully saturated rings. The van der Waals surface area contributed by atoms with Gasteiger partial charge in [0.15, 0.2) is 0 Å². The number of carbonyl (C=O) groups excluding carboxylic acids is 1. The molecule has 1 saturated carbocycles. The number of aromatic carboxylic acids is 1. The van der Waals surface area contributed by atoms with Crippen LogP contribution in [0.5, 0.6) is 0 Å². The summed E-state index contributed by atoms with van der Waals surface area (Å²) >= 11 is 1.40. The zero-order chi connectivity index (χ0) is 13.5. The summed E-state index contributed by atoms with van der Waals surface area (Å²) in [5.74, 6) is -1.08. The van der Waals surface area contributed by atoms with Gasteiger partial charge in [-0.2, -0.15) is 0 Å². The topological polar surface area (TPSA) is 63.6 Å². The predicted molar refractivity (Wildman–Crippen MR) is 68.0 cm³/mol. The SMILES string of the molecule is CC(C)(C)OC(=O)C1CC1c1cc(C(=O)O)cs1. The van der Waals surface area contributed by atoms with Crippen LogP contribution in [-0.2, 0) is 9.53 Å². The quantitative estimate of drug-likeness (QED) is 0.856. The van der Waals surface area contributed by atoms with Crippen LogP contribution >= 0.6 is 11.3 Å². The molecule has 1 aromatic rings. The van der Waals surface area contributed by atoms with Gasteiger partial charge in [-0.1, -0.05) is 0 Å². The van der Waals surface area contributed by atoms with Crippen LogP contribution in [0.3, 0.4) is 0 Å². The van der Waals surface area contributed by atoms with E-state index >= 15 is 0 Å². The molecule has 0 bridgehead atoms. The van der Waals surface area contributed by atoms with E-state index in [9.17, 15) is 9.59 Å². The van der Waals surface area contributed by atoms with Gasteiger partial charge in [0, 0.05) is 16.2 Å². The van der Waals surface area contributed by atoms with E-state index in [0.717, 1.165) is 11.3 Å². The van der Waals surface area contributed by atoms with Gasteiger partial charge in [-0.3, -0.25) is 4.79 Å². The highest BCUT2D eigenvalue weighted by Crippen LogP contribution is 2.50. The molecule has 1 aromatic heterocycles. The number of hydrogen-bond acceptors (Lipinski definition) is 4. The third kappa shape index (κ3) is 2.90. The molecule has 0 saturated heterocycles. The monoisotopic (exact) mass is 268 g/mol. The average Bonchev–Trinajstić information content (AvgIpc) is 2.85. The third-order valence-corrected chi connectivity index (χ3v) is 3.80. The Morgan fingerprint density at radius 1 is 1.44 bits per heavy atom. The van der Waals surface area contributed by atoms with Crippen LogP contribution in [0.25, 0.3) is 0 Å². The van der Waals surface area contributed by atoms with Crippen molar-refractivity contribution in [2.45, 2.75) is 38.7 Å². The van der Waals surface area contributed by atoms with Gasteiger partial charge in [-0.25, -0.2) is 4.79 Å². The Morgan fingerprint density at radius 3 is 2.61 bits per heavy atom. The number of rotatable bonds is 3. The summed E-state index contributed by atoms with van der Waals surface area (Å²) in [6, 6.07) is 1.65. The Kier molecular flexibility index (Phi) is 3.19. The number of esters is 1. The van der Waals surface area contributed by atoms with Gasteiger partial charge in [-0.15, -0.1) is 11.3 Å². The standard InChI is InChI=1S/C13H16O4S/c1-13(2,3)17-12(16)9-5-8(9)10-4-7(6-18-10)11(14)15/h4,6,8-9H,5H2,1-3H3,(H,14,15). The molecule has 98 valence electrons. The van der Waals surface area contributed by atoms with Crippen molar-refractivity contribution in [2.24, 2.45) is 5.92 Å². The van der Waals surface area contributed by atoms with Crippen molar-refractivity contribution in [1.82, 2.24) is 0 Å². The van der Waals surface area contributed by atoms with E-state index in [0.29, 0.717) is 5.56 Å². The zero-order valence-corrected chi connectivity index (χ0v) is 11.4. The van der Waals surface area contributed by atoms with Crippen molar-refractivity contribution in [3.63, 3.8) is 0 Å². The highest BCUT2D eigenvalue weighted by molar-refractivity contribution is 7.10. The number of hydrogen-bond donors (Lipinski definition) is 1. The minimum Gasteiger partial charge on any atom is -0.478 e.